The number of carboxylic acid groups (broad SMARTS) is 1. The maximum absolute atomic E-state index is 12.3. The molecule has 20 heavy (non-hydrogen) atoms. The molecule has 0 saturated carbocycles. The van der Waals surface area contributed by atoms with Crippen molar-refractivity contribution in [1.82, 2.24) is 4.90 Å². The number of nitrogens with zero attached hydrogens (tertiary/aromatic N) is 1. The number of aliphatic carboxylic acids is 1. The minimum absolute atomic E-state index is 0.0396. The average Bonchev–Trinajstić information content (AvgIpc) is 2.60. The fourth-order valence-corrected chi connectivity index (χ4v) is 2.38. The van der Waals surface area contributed by atoms with Crippen LogP contribution in [0.15, 0.2) is 18.2 Å². The van der Waals surface area contributed by atoms with Crippen molar-refractivity contribution in [2.75, 3.05) is 5.73 Å². The van der Waals surface area contributed by atoms with Crippen molar-refractivity contribution >= 4 is 23.5 Å². The number of hydrogen-bond donors (Lipinski definition) is 2. The van der Waals surface area contributed by atoms with E-state index >= 15 is 0 Å². The molecule has 2 amide bonds. The van der Waals surface area contributed by atoms with Gasteiger partial charge in [0.1, 0.15) is 6.04 Å². The summed E-state index contributed by atoms with van der Waals surface area (Å²) in [4.78, 5) is 36.8. The number of nitrogens with two attached hydrogens (primary N) is 1. The van der Waals surface area contributed by atoms with Gasteiger partial charge in [0.05, 0.1) is 11.1 Å². The maximum atomic E-state index is 12.3. The van der Waals surface area contributed by atoms with Gasteiger partial charge < -0.3 is 10.8 Å². The highest BCUT2D eigenvalue weighted by Crippen LogP contribution is 2.30. The summed E-state index contributed by atoms with van der Waals surface area (Å²) in [5, 5.41) is 9.29. The fourth-order valence-electron chi connectivity index (χ4n) is 2.38. The summed E-state index contributed by atoms with van der Waals surface area (Å²) in [6.07, 6.45) is 0.209. The average molecular weight is 276 g/mol. The van der Waals surface area contributed by atoms with Crippen molar-refractivity contribution in [3.05, 3.63) is 29.3 Å². The van der Waals surface area contributed by atoms with Gasteiger partial charge in [0.25, 0.3) is 11.8 Å². The number of anilines is 1. The topological polar surface area (TPSA) is 101 Å². The van der Waals surface area contributed by atoms with Crippen LogP contribution in [0.3, 0.4) is 0 Å². The second-order valence-electron chi connectivity index (χ2n) is 5.23. The summed E-state index contributed by atoms with van der Waals surface area (Å²) in [6, 6.07) is 3.41. The Balaban J connectivity index is 2.45. The Bertz CT molecular complexity index is 595. The first kappa shape index (κ1) is 14.0. The largest absolute Gasteiger partial charge is 0.480 e. The molecule has 1 aromatic carbocycles. The zero-order valence-corrected chi connectivity index (χ0v) is 11.3. The Labute approximate surface area is 116 Å². The van der Waals surface area contributed by atoms with E-state index in [0.717, 1.165) is 4.90 Å². The van der Waals surface area contributed by atoms with E-state index in [4.69, 9.17) is 5.73 Å². The van der Waals surface area contributed by atoms with Gasteiger partial charge >= 0.3 is 5.97 Å². The molecule has 0 saturated heterocycles. The monoisotopic (exact) mass is 276 g/mol. The lowest BCUT2D eigenvalue weighted by molar-refractivity contribution is -0.142. The van der Waals surface area contributed by atoms with Crippen LogP contribution < -0.4 is 5.73 Å². The van der Waals surface area contributed by atoms with E-state index in [1.807, 2.05) is 13.8 Å². The molecule has 0 unspecified atom stereocenters. The van der Waals surface area contributed by atoms with Crippen molar-refractivity contribution in [2.24, 2.45) is 5.92 Å². The van der Waals surface area contributed by atoms with Crippen molar-refractivity contribution in [2.45, 2.75) is 26.3 Å². The third-order valence-corrected chi connectivity index (χ3v) is 3.27. The second kappa shape index (κ2) is 4.96. The number of benzene rings is 1. The number of carboxylic acids is 1. The number of carbonyl (C=O) groups excluding carboxylic acids is 2. The molecule has 1 heterocycles. The smallest absolute Gasteiger partial charge is 0.326 e. The standard InChI is InChI=1S/C14H16N2O4/c1-7(2)6-10(14(19)20)16-12(17)8-4-3-5-9(15)11(8)13(16)18/h3-5,7,10H,6,15H2,1-2H3,(H,19,20)/t10-/m0/s1. The molecule has 2 rings (SSSR count). The van der Waals surface area contributed by atoms with Crippen molar-refractivity contribution < 1.29 is 19.5 Å². The highest BCUT2D eigenvalue weighted by Gasteiger charge is 2.43. The number of fused-ring (bicyclic) bond motifs is 1. The summed E-state index contributed by atoms with van der Waals surface area (Å²) in [7, 11) is 0. The van der Waals surface area contributed by atoms with Gasteiger partial charge in [0.15, 0.2) is 0 Å². The number of imide groups is 1. The van der Waals surface area contributed by atoms with Crippen molar-refractivity contribution in [1.29, 1.82) is 0 Å². The number of rotatable bonds is 4. The minimum Gasteiger partial charge on any atom is -0.480 e. The number of nitrogen functional groups attached to an aromatic ring is 1. The summed E-state index contributed by atoms with van der Waals surface area (Å²) >= 11 is 0. The molecule has 0 aromatic heterocycles. The van der Waals surface area contributed by atoms with E-state index in [2.05, 4.69) is 0 Å². The lowest BCUT2D eigenvalue weighted by atomic mass is 10.0. The lowest BCUT2D eigenvalue weighted by Crippen LogP contribution is -2.45. The molecule has 0 fully saturated rings. The van der Waals surface area contributed by atoms with Crippen molar-refractivity contribution in [3.8, 4) is 0 Å². The molecular formula is C14H16N2O4. The molecule has 0 bridgehead atoms. The number of amides is 2. The van der Waals surface area contributed by atoms with Gasteiger partial charge in [-0.05, 0) is 24.5 Å². The van der Waals surface area contributed by atoms with Gasteiger partial charge in [-0.25, -0.2) is 4.79 Å². The highest BCUT2D eigenvalue weighted by molar-refractivity contribution is 6.24. The summed E-state index contributed by atoms with van der Waals surface area (Å²) < 4.78 is 0. The van der Waals surface area contributed by atoms with Gasteiger partial charge in [0, 0.05) is 5.69 Å². The summed E-state index contributed by atoms with van der Waals surface area (Å²) in [5.41, 5.74) is 6.18. The Morgan fingerprint density at radius 2 is 1.95 bits per heavy atom. The molecule has 6 nitrogen and oxygen atoms in total. The molecular weight excluding hydrogens is 260 g/mol. The molecule has 0 aliphatic carbocycles. The predicted molar refractivity (Wildman–Crippen MR) is 72.2 cm³/mol. The first-order valence-corrected chi connectivity index (χ1v) is 6.33. The summed E-state index contributed by atoms with van der Waals surface area (Å²) in [6.45, 7) is 3.67. The highest BCUT2D eigenvalue weighted by atomic mass is 16.4. The molecule has 1 aliphatic rings. The van der Waals surface area contributed by atoms with Gasteiger partial charge in [-0.2, -0.15) is 0 Å². The van der Waals surface area contributed by atoms with Crippen molar-refractivity contribution in [3.63, 3.8) is 0 Å². The van der Waals surface area contributed by atoms with E-state index < -0.39 is 23.8 Å². The van der Waals surface area contributed by atoms with Crippen LogP contribution in [-0.2, 0) is 4.79 Å². The quantitative estimate of drug-likeness (QED) is 0.638. The molecule has 1 aliphatic heterocycles. The van der Waals surface area contributed by atoms with Gasteiger partial charge in [-0.1, -0.05) is 19.9 Å². The zero-order valence-electron chi connectivity index (χ0n) is 11.3. The lowest BCUT2D eigenvalue weighted by Gasteiger charge is -2.23. The Morgan fingerprint density at radius 1 is 1.30 bits per heavy atom. The van der Waals surface area contributed by atoms with Gasteiger partial charge in [-0.15, -0.1) is 0 Å². The zero-order chi connectivity index (χ0) is 15.0. The van der Waals surface area contributed by atoms with Gasteiger partial charge in [-0.3, -0.25) is 14.5 Å². The third-order valence-electron chi connectivity index (χ3n) is 3.27. The van der Waals surface area contributed by atoms with E-state index in [-0.39, 0.29) is 29.2 Å². The molecule has 106 valence electrons. The predicted octanol–water partition coefficient (Wildman–Crippen LogP) is 1.36. The number of hydrogen-bond acceptors (Lipinski definition) is 4. The first-order chi connectivity index (χ1) is 9.34. The van der Waals surface area contributed by atoms with Crippen LogP contribution in [0.1, 0.15) is 41.0 Å². The Morgan fingerprint density at radius 3 is 2.45 bits per heavy atom. The third kappa shape index (κ3) is 2.13. The van der Waals surface area contributed by atoms with Crippen LogP contribution >= 0.6 is 0 Å². The van der Waals surface area contributed by atoms with Crippen LogP contribution in [0.4, 0.5) is 5.69 Å². The van der Waals surface area contributed by atoms with E-state index in [1.165, 1.54) is 12.1 Å². The molecule has 3 N–H and O–H groups in total. The van der Waals surface area contributed by atoms with Crippen LogP contribution in [0.2, 0.25) is 0 Å². The van der Waals surface area contributed by atoms with Crippen LogP contribution in [-0.4, -0.2) is 33.8 Å². The molecule has 1 aromatic rings. The Kier molecular flexibility index (Phi) is 3.48. The van der Waals surface area contributed by atoms with Crippen LogP contribution in [0, 0.1) is 5.92 Å². The first-order valence-electron chi connectivity index (χ1n) is 6.33. The molecule has 0 spiro atoms. The summed E-state index contributed by atoms with van der Waals surface area (Å²) in [5.74, 6) is -2.37. The minimum atomic E-state index is -1.19. The molecule has 0 radical (unpaired) electrons. The molecule has 6 heteroatoms. The Hall–Kier alpha value is -2.37. The van der Waals surface area contributed by atoms with E-state index in [0.29, 0.717) is 0 Å². The van der Waals surface area contributed by atoms with Crippen LogP contribution in [0.5, 0.6) is 0 Å². The fraction of sp³-hybridized carbons (Fsp3) is 0.357. The molecule has 1 atom stereocenters. The number of carbonyl (C=O) groups is 3. The van der Waals surface area contributed by atoms with E-state index in [1.54, 1.807) is 6.07 Å². The maximum Gasteiger partial charge on any atom is 0.326 e. The SMILES string of the molecule is CC(C)C[C@@H](C(=O)O)N1C(=O)c2cccc(N)c2C1=O. The normalized spacial score (nSPS) is 15.7. The van der Waals surface area contributed by atoms with E-state index in [9.17, 15) is 19.5 Å². The van der Waals surface area contributed by atoms with Gasteiger partial charge in [0.2, 0.25) is 0 Å². The second-order valence-corrected chi connectivity index (χ2v) is 5.23. The van der Waals surface area contributed by atoms with Crippen LogP contribution in [0.25, 0.3) is 0 Å².